The molecule has 0 amide bonds. The van der Waals surface area contributed by atoms with Gasteiger partial charge in [-0.3, -0.25) is 0 Å². The molecule has 1 aromatic rings. The van der Waals surface area contributed by atoms with Crippen molar-refractivity contribution in [2.24, 2.45) is 0 Å². The minimum atomic E-state index is -4.25. The molecular weight excluding hydrogens is 247 g/mol. The Morgan fingerprint density at radius 1 is 1.12 bits per heavy atom. The van der Waals surface area contributed by atoms with E-state index in [0.29, 0.717) is 5.56 Å². The summed E-state index contributed by atoms with van der Waals surface area (Å²) in [5.74, 6) is 0. The maximum absolute atomic E-state index is 10.9. The van der Waals surface area contributed by atoms with Crippen LogP contribution >= 0.6 is 0 Å². The van der Waals surface area contributed by atoms with Gasteiger partial charge in [0.05, 0.1) is 5.25 Å². The van der Waals surface area contributed by atoms with Gasteiger partial charge in [0.2, 0.25) is 0 Å². The molecule has 5 heteroatoms. The van der Waals surface area contributed by atoms with Crippen LogP contribution in [0.15, 0.2) is 24.3 Å². The Hall–Kier alpha value is 0.130. The molecule has 0 heterocycles. The molecule has 0 bridgehead atoms. The first kappa shape index (κ1) is 17.1. The van der Waals surface area contributed by atoms with Crippen LogP contribution in [0.4, 0.5) is 0 Å². The molecule has 1 rings (SSSR count). The van der Waals surface area contributed by atoms with Gasteiger partial charge in [-0.25, -0.2) is 8.42 Å². The van der Waals surface area contributed by atoms with Crippen LogP contribution in [0.2, 0.25) is 0 Å². The van der Waals surface area contributed by atoms with E-state index in [2.05, 4.69) is 20.8 Å². The van der Waals surface area contributed by atoms with E-state index in [1.807, 2.05) is 12.1 Å². The van der Waals surface area contributed by atoms with Crippen LogP contribution in [0.5, 0.6) is 0 Å². The predicted octanol–water partition coefficient (Wildman–Crippen LogP) is -0.406. The third-order valence-electron chi connectivity index (χ3n) is 2.68. The molecule has 0 aliphatic heterocycles. The van der Waals surface area contributed by atoms with Crippen LogP contribution in [0, 0.1) is 0 Å². The summed E-state index contributed by atoms with van der Waals surface area (Å²) in [5.41, 5.74) is 1.69. The maximum atomic E-state index is 10.9. The third-order valence-corrected chi connectivity index (χ3v) is 3.82. The zero-order valence-corrected chi connectivity index (χ0v) is 13.8. The molecular formula is C12H17NaO3S. The summed E-state index contributed by atoms with van der Waals surface area (Å²) in [4.78, 5) is 0. The van der Waals surface area contributed by atoms with E-state index in [0.717, 1.165) is 5.56 Å². The Kier molecular flexibility index (Phi) is 5.89. The van der Waals surface area contributed by atoms with Crippen LogP contribution in [-0.4, -0.2) is 13.0 Å². The SMILES string of the molecule is C[C@H](c1ccc(C(C)(C)C)cc1)S(=O)(=O)[O-].[Na+]. The second-order valence-electron chi connectivity index (χ2n) is 5.01. The van der Waals surface area contributed by atoms with Crippen molar-refractivity contribution < 1.29 is 42.5 Å². The Labute approximate surface area is 126 Å². The van der Waals surface area contributed by atoms with Crippen molar-refractivity contribution in [3.8, 4) is 0 Å². The van der Waals surface area contributed by atoms with Gasteiger partial charge >= 0.3 is 29.6 Å². The molecule has 0 saturated carbocycles. The zero-order chi connectivity index (χ0) is 12.6. The van der Waals surface area contributed by atoms with Gasteiger partial charge in [0.1, 0.15) is 10.1 Å². The Bertz CT molecular complexity index is 458. The van der Waals surface area contributed by atoms with Crippen LogP contribution in [-0.2, 0) is 15.5 Å². The van der Waals surface area contributed by atoms with Crippen LogP contribution < -0.4 is 29.6 Å². The fourth-order valence-corrected chi connectivity index (χ4v) is 1.91. The molecule has 1 atom stereocenters. The van der Waals surface area contributed by atoms with Crippen molar-refractivity contribution in [1.29, 1.82) is 0 Å². The van der Waals surface area contributed by atoms with Gasteiger partial charge in [0.15, 0.2) is 0 Å². The molecule has 0 aliphatic carbocycles. The average molecular weight is 264 g/mol. The molecule has 0 radical (unpaired) electrons. The summed E-state index contributed by atoms with van der Waals surface area (Å²) >= 11 is 0. The van der Waals surface area contributed by atoms with Crippen molar-refractivity contribution in [3.05, 3.63) is 35.4 Å². The molecule has 90 valence electrons. The number of hydrogen-bond acceptors (Lipinski definition) is 3. The summed E-state index contributed by atoms with van der Waals surface area (Å²) in [6, 6.07) is 7.16. The minimum Gasteiger partial charge on any atom is -0.747 e. The molecule has 0 fully saturated rings. The van der Waals surface area contributed by atoms with Crippen molar-refractivity contribution in [1.82, 2.24) is 0 Å². The summed E-state index contributed by atoms with van der Waals surface area (Å²) in [6.45, 7) is 7.65. The smallest absolute Gasteiger partial charge is 0.747 e. The second kappa shape index (κ2) is 5.85. The zero-order valence-electron chi connectivity index (χ0n) is 11.0. The normalized spacial score (nSPS) is 13.9. The molecule has 0 spiro atoms. The quantitative estimate of drug-likeness (QED) is 0.539. The predicted molar refractivity (Wildman–Crippen MR) is 63.3 cm³/mol. The van der Waals surface area contributed by atoms with Crippen LogP contribution in [0.25, 0.3) is 0 Å². The molecule has 0 saturated heterocycles. The van der Waals surface area contributed by atoms with Gasteiger partial charge in [-0.2, -0.15) is 0 Å². The fourth-order valence-electron chi connectivity index (χ4n) is 1.42. The molecule has 0 unspecified atom stereocenters. The van der Waals surface area contributed by atoms with E-state index in [1.54, 1.807) is 12.1 Å². The van der Waals surface area contributed by atoms with Gasteiger partial charge in [-0.15, -0.1) is 0 Å². The van der Waals surface area contributed by atoms with Gasteiger partial charge in [-0.05, 0) is 23.5 Å². The van der Waals surface area contributed by atoms with E-state index >= 15 is 0 Å². The molecule has 0 aromatic heterocycles. The van der Waals surface area contributed by atoms with Crippen LogP contribution in [0.1, 0.15) is 44.1 Å². The second-order valence-corrected chi connectivity index (χ2v) is 6.70. The molecule has 1 aromatic carbocycles. The fraction of sp³-hybridized carbons (Fsp3) is 0.500. The Morgan fingerprint density at radius 2 is 1.53 bits per heavy atom. The van der Waals surface area contributed by atoms with E-state index in [1.165, 1.54) is 6.92 Å². The average Bonchev–Trinajstić information content (AvgIpc) is 2.14. The summed E-state index contributed by atoms with van der Waals surface area (Å²) in [6.07, 6.45) is 0. The minimum absolute atomic E-state index is 0. The first-order valence-corrected chi connectivity index (χ1v) is 6.64. The van der Waals surface area contributed by atoms with Crippen molar-refractivity contribution in [3.63, 3.8) is 0 Å². The van der Waals surface area contributed by atoms with E-state index in [9.17, 15) is 13.0 Å². The standard InChI is InChI=1S/C12H18O3S.Na/c1-9(16(13,14)15)10-5-7-11(8-6-10)12(2,3)4;/h5-9H,1-4H3,(H,13,14,15);/q;+1/p-1/t9-;/m1./s1. The summed E-state index contributed by atoms with van der Waals surface area (Å²) in [5, 5.41) is -0.985. The van der Waals surface area contributed by atoms with Crippen molar-refractivity contribution in [2.75, 3.05) is 0 Å². The van der Waals surface area contributed by atoms with Gasteiger partial charge in [0.25, 0.3) is 0 Å². The maximum Gasteiger partial charge on any atom is 1.00 e. The first-order valence-electron chi connectivity index (χ1n) is 5.17. The number of hydrogen-bond donors (Lipinski definition) is 0. The van der Waals surface area contributed by atoms with Gasteiger partial charge in [0, 0.05) is 0 Å². The monoisotopic (exact) mass is 264 g/mol. The number of rotatable bonds is 2. The molecule has 3 nitrogen and oxygen atoms in total. The summed E-state index contributed by atoms with van der Waals surface area (Å²) < 4.78 is 32.6. The Morgan fingerprint density at radius 3 is 1.82 bits per heavy atom. The van der Waals surface area contributed by atoms with E-state index < -0.39 is 15.4 Å². The van der Waals surface area contributed by atoms with Crippen molar-refractivity contribution >= 4 is 10.1 Å². The summed E-state index contributed by atoms with van der Waals surface area (Å²) in [7, 11) is -4.25. The van der Waals surface area contributed by atoms with E-state index in [4.69, 9.17) is 0 Å². The molecule has 0 N–H and O–H groups in total. The van der Waals surface area contributed by atoms with Gasteiger partial charge < -0.3 is 4.55 Å². The van der Waals surface area contributed by atoms with Crippen LogP contribution in [0.3, 0.4) is 0 Å². The number of benzene rings is 1. The largest absolute Gasteiger partial charge is 1.00 e. The first-order chi connectivity index (χ1) is 7.12. The van der Waals surface area contributed by atoms with Gasteiger partial charge in [-0.1, -0.05) is 45.0 Å². The Balaban J connectivity index is 0.00000256. The third kappa shape index (κ3) is 4.72. The van der Waals surface area contributed by atoms with Crippen molar-refractivity contribution in [2.45, 2.75) is 38.4 Å². The van der Waals surface area contributed by atoms with E-state index in [-0.39, 0.29) is 35.0 Å². The molecule has 17 heavy (non-hydrogen) atoms. The topological polar surface area (TPSA) is 57.2 Å². The molecule has 0 aliphatic rings.